The van der Waals surface area contributed by atoms with Gasteiger partial charge in [-0.25, -0.2) is 0 Å². The van der Waals surface area contributed by atoms with Crippen molar-refractivity contribution in [3.05, 3.63) is 29.8 Å². The van der Waals surface area contributed by atoms with Crippen LogP contribution >= 0.6 is 0 Å². The molecule has 106 valence electrons. The number of nitriles is 1. The summed E-state index contributed by atoms with van der Waals surface area (Å²) < 4.78 is 5.49. The van der Waals surface area contributed by atoms with Gasteiger partial charge in [0.25, 0.3) is 5.91 Å². The van der Waals surface area contributed by atoms with Crippen molar-refractivity contribution in [1.29, 1.82) is 5.26 Å². The number of hydrogen-bond acceptors (Lipinski definition) is 3. The van der Waals surface area contributed by atoms with E-state index in [1.165, 1.54) is 6.42 Å². The molecule has 0 aromatic heterocycles. The van der Waals surface area contributed by atoms with Crippen molar-refractivity contribution < 1.29 is 9.53 Å². The van der Waals surface area contributed by atoms with E-state index in [1.807, 2.05) is 4.90 Å². The van der Waals surface area contributed by atoms with E-state index in [4.69, 9.17) is 10.00 Å². The second kappa shape index (κ2) is 6.95. The Morgan fingerprint density at radius 3 is 2.80 bits per heavy atom. The summed E-state index contributed by atoms with van der Waals surface area (Å²) in [4.78, 5) is 14.0. The molecule has 1 saturated heterocycles. The Balaban J connectivity index is 1.83. The minimum absolute atomic E-state index is 0.0449. The Bertz CT molecular complexity index is 490. The maximum absolute atomic E-state index is 12.1. The molecule has 1 heterocycles. The highest BCUT2D eigenvalue weighted by Gasteiger charge is 2.18. The molecule has 1 aromatic rings. The quantitative estimate of drug-likeness (QED) is 0.849. The third-order valence-electron chi connectivity index (χ3n) is 3.72. The summed E-state index contributed by atoms with van der Waals surface area (Å²) >= 11 is 0. The lowest BCUT2D eigenvalue weighted by atomic mass is 10.0. The van der Waals surface area contributed by atoms with Crippen LogP contribution in [0.3, 0.4) is 0 Å². The predicted octanol–water partition coefficient (Wildman–Crippen LogP) is 2.59. The van der Waals surface area contributed by atoms with Gasteiger partial charge in [-0.3, -0.25) is 4.79 Å². The molecular formula is C16H20N2O2. The fourth-order valence-corrected chi connectivity index (χ4v) is 2.37. The summed E-state index contributed by atoms with van der Waals surface area (Å²) in [5.74, 6) is 1.37. The molecule has 20 heavy (non-hydrogen) atoms. The minimum Gasteiger partial charge on any atom is -0.484 e. The SMILES string of the molecule is CC1CCCN(C(=O)COc2ccc(C#N)cc2)CC1. The van der Waals surface area contributed by atoms with E-state index in [0.717, 1.165) is 25.9 Å². The zero-order chi connectivity index (χ0) is 14.4. The van der Waals surface area contributed by atoms with Gasteiger partial charge in [-0.1, -0.05) is 6.92 Å². The van der Waals surface area contributed by atoms with E-state index in [2.05, 4.69) is 13.0 Å². The third kappa shape index (κ3) is 3.99. The molecule has 0 saturated carbocycles. The van der Waals surface area contributed by atoms with Crippen LogP contribution in [0, 0.1) is 17.2 Å². The number of carbonyl (C=O) groups excluding carboxylic acids is 1. The van der Waals surface area contributed by atoms with Gasteiger partial charge in [0.05, 0.1) is 11.6 Å². The molecule has 1 aliphatic heterocycles. The summed E-state index contributed by atoms with van der Waals surface area (Å²) in [5, 5.41) is 8.71. The van der Waals surface area contributed by atoms with Crippen molar-refractivity contribution in [2.24, 2.45) is 5.92 Å². The molecule has 4 nitrogen and oxygen atoms in total. The van der Waals surface area contributed by atoms with Gasteiger partial charge in [0.2, 0.25) is 0 Å². The Labute approximate surface area is 120 Å². The number of amides is 1. The van der Waals surface area contributed by atoms with Crippen molar-refractivity contribution in [2.75, 3.05) is 19.7 Å². The second-order valence-electron chi connectivity index (χ2n) is 5.34. The van der Waals surface area contributed by atoms with Crippen LogP contribution in [-0.2, 0) is 4.79 Å². The molecule has 2 rings (SSSR count). The lowest BCUT2D eigenvalue weighted by Gasteiger charge is -2.20. The van der Waals surface area contributed by atoms with Crippen LogP contribution in [0.15, 0.2) is 24.3 Å². The number of rotatable bonds is 3. The first-order valence-electron chi connectivity index (χ1n) is 7.10. The van der Waals surface area contributed by atoms with Gasteiger partial charge in [-0.05, 0) is 49.4 Å². The maximum Gasteiger partial charge on any atom is 0.260 e. The standard InChI is InChI=1S/C16H20N2O2/c1-13-3-2-9-18(10-8-13)16(19)12-20-15-6-4-14(11-17)5-7-15/h4-7,13H,2-3,8-10,12H2,1H3. The van der Waals surface area contributed by atoms with Crippen molar-refractivity contribution in [3.8, 4) is 11.8 Å². The molecule has 4 heteroatoms. The van der Waals surface area contributed by atoms with Crippen LogP contribution in [-0.4, -0.2) is 30.5 Å². The number of hydrogen-bond donors (Lipinski definition) is 0. The van der Waals surface area contributed by atoms with Crippen molar-refractivity contribution in [3.63, 3.8) is 0 Å². The summed E-state index contributed by atoms with van der Waals surface area (Å²) in [6, 6.07) is 8.86. The smallest absolute Gasteiger partial charge is 0.260 e. The highest BCUT2D eigenvalue weighted by Crippen LogP contribution is 2.17. The van der Waals surface area contributed by atoms with E-state index in [-0.39, 0.29) is 12.5 Å². The largest absolute Gasteiger partial charge is 0.484 e. The normalized spacial score (nSPS) is 19.0. The summed E-state index contributed by atoms with van der Waals surface area (Å²) in [6.45, 7) is 3.97. The first kappa shape index (κ1) is 14.4. The van der Waals surface area contributed by atoms with Gasteiger partial charge >= 0.3 is 0 Å². The number of carbonyl (C=O) groups is 1. The Kier molecular flexibility index (Phi) is 5.00. The summed E-state index contributed by atoms with van der Waals surface area (Å²) in [6.07, 6.45) is 3.34. The van der Waals surface area contributed by atoms with Crippen molar-refractivity contribution >= 4 is 5.91 Å². The predicted molar refractivity (Wildman–Crippen MR) is 76.2 cm³/mol. The Morgan fingerprint density at radius 1 is 1.35 bits per heavy atom. The average Bonchev–Trinajstić information content (AvgIpc) is 2.70. The molecule has 1 atom stereocenters. The molecule has 1 fully saturated rings. The van der Waals surface area contributed by atoms with E-state index in [0.29, 0.717) is 17.2 Å². The summed E-state index contributed by atoms with van der Waals surface area (Å²) in [5.41, 5.74) is 0.588. The second-order valence-corrected chi connectivity index (χ2v) is 5.34. The minimum atomic E-state index is 0.0449. The molecule has 0 bridgehead atoms. The van der Waals surface area contributed by atoms with Crippen LogP contribution in [0.25, 0.3) is 0 Å². The number of nitrogens with zero attached hydrogens (tertiary/aromatic N) is 2. The highest BCUT2D eigenvalue weighted by molar-refractivity contribution is 5.77. The molecular weight excluding hydrogens is 252 g/mol. The average molecular weight is 272 g/mol. The van der Waals surface area contributed by atoms with Gasteiger partial charge in [0.15, 0.2) is 6.61 Å². The topological polar surface area (TPSA) is 53.3 Å². The van der Waals surface area contributed by atoms with Crippen LogP contribution in [0.4, 0.5) is 0 Å². The van der Waals surface area contributed by atoms with Gasteiger partial charge in [-0.15, -0.1) is 0 Å². The molecule has 1 aromatic carbocycles. The Morgan fingerprint density at radius 2 is 2.10 bits per heavy atom. The van der Waals surface area contributed by atoms with Crippen LogP contribution in [0.2, 0.25) is 0 Å². The van der Waals surface area contributed by atoms with E-state index in [9.17, 15) is 4.79 Å². The fourth-order valence-electron chi connectivity index (χ4n) is 2.37. The first-order valence-corrected chi connectivity index (χ1v) is 7.10. The van der Waals surface area contributed by atoms with E-state index < -0.39 is 0 Å². The van der Waals surface area contributed by atoms with Crippen LogP contribution in [0.1, 0.15) is 31.7 Å². The molecule has 1 amide bonds. The zero-order valence-corrected chi connectivity index (χ0v) is 11.8. The lowest BCUT2D eigenvalue weighted by Crippen LogP contribution is -2.35. The fraction of sp³-hybridized carbons (Fsp3) is 0.500. The van der Waals surface area contributed by atoms with E-state index >= 15 is 0 Å². The third-order valence-corrected chi connectivity index (χ3v) is 3.72. The Hall–Kier alpha value is -2.02. The number of benzene rings is 1. The van der Waals surface area contributed by atoms with E-state index in [1.54, 1.807) is 24.3 Å². The van der Waals surface area contributed by atoms with Crippen molar-refractivity contribution in [2.45, 2.75) is 26.2 Å². The number of ether oxygens (including phenoxy) is 1. The number of likely N-dealkylation sites (tertiary alicyclic amines) is 1. The first-order chi connectivity index (χ1) is 9.69. The van der Waals surface area contributed by atoms with Crippen molar-refractivity contribution in [1.82, 2.24) is 4.90 Å². The lowest BCUT2D eigenvalue weighted by molar-refractivity contribution is -0.133. The maximum atomic E-state index is 12.1. The monoisotopic (exact) mass is 272 g/mol. The van der Waals surface area contributed by atoms with Gasteiger partial charge < -0.3 is 9.64 Å². The molecule has 0 radical (unpaired) electrons. The molecule has 0 aliphatic carbocycles. The van der Waals surface area contributed by atoms with Crippen LogP contribution in [0.5, 0.6) is 5.75 Å². The van der Waals surface area contributed by atoms with Gasteiger partial charge in [0, 0.05) is 13.1 Å². The molecule has 1 aliphatic rings. The molecule has 0 N–H and O–H groups in total. The zero-order valence-electron chi connectivity index (χ0n) is 11.8. The van der Waals surface area contributed by atoms with Gasteiger partial charge in [-0.2, -0.15) is 5.26 Å². The molecule has 0 spiro atoms. The van der Waals surface area contributed by atoms with Gasteiger partial charge in [0.1, 0.15) is 5.75 Å². The highest BCUT2D eigenvalue weighted by atomic mass is 16.5. The van der Waals surface area contributed by atoms with Crippen LogP contribution < -0.4 is 4.74 Å². The summed E-state index contributed by atoms with van der Waals surface area (Å²) in [7, 11) is 0. The molecule has 1 unspecified atom stereocenters.